The van der Waals surface area contributed by atoms with Gasteiger partial charge >= 0.3 is 5.97 Å². The Morgan fingerprint density at radius 3 is 3.00 bits per heavy atom. The molecule has 104 valence electrons. The molecule has 2 N–H and O–H groups in total. The highest BCUT2D eigenvalue weighted by atomic mass is 32.2. The maximum Gasteiger partial charge on any atom is 0.309 e. The van der Waals surface area contributed by atoms with Crippen molar-refractivity contribution in [2.75, 3.05) is 7.05 Å². The van der Waals surface area contributed by atoms with Gasteiger partial charge in [-0.2, -0.15) is 0 Å². The van der Waals surface area contributed by atoms with Crippen LogP contribution in [0.4, 0.5) is 0 Å². The van der Waals surface area contributed by atoms with E-state index in [2.05, 4.69) is 15.3 Å². The molecule has 0 radical (unpaired) electrons. The van der Waals surface area contributed by atoms with Crippen molar-refractivity contribution in [1.82, 2.24) is 15.3 Å². The van der Waals surface area contributed by atoms with Crippen LogP contribution >= 0.6 is 23.1 Å². The number of rotatable bonds is 5. The van der Waals surface area contributed by atoms with Crippen molar-refractivity contribution in [3.63, 3.8) is 0 Å². The topological polar surface area (TPSA) is 92.2 Å². The molecule has 0 fully saturated rings. The number of carbonyl (C=O) groups excluding carboxylic acids is 1. The normalized spacial score (nSPS) is 10.2. The fourth-order valence-electron chi connectivity index (χ4n) is 1.40. The summed E-state index contributed by atoms with van der Waals surface area (Å²) in [5.74, 6) is -1.16. The molecule has 20 heavy (non-hydrogen) atoms. The zero-order valence-electron chi connectivity index (χ0n) is 10.5. The van der Waals surface area contributed by atoms with Gasteiger partial charge in [0.25, 0.3) is 5.91 Å². The summed E-state index contributed by atoms with van der Waals surface area (Å²) in [5, 5.41) is 12.9. The second-order valence-electron chi connectivity index (χ2n) is 3.73. The van der Waals surface area contributed by atoms with Crippen LogP contribution in [0.15, 0.2) is 32.9 Å². The number of thiazole rings is 1. The summed E-state index contributed by atoms with van der Waals surface area (Å²) < 4.78 is 0.732. The molecule has 0 aliphatic carbocycles. The minimum atomic E-state index is -0.905. The van der Waals surface area contributed by atoms with E-state index < -0.39 is 5.97 Å². The number of carboxylic acids is 1. The standard InChI is InChI=1S/C12H11N3O3S2/c1-13-11(18)9-5-8(2-3-14-9)20-12-15-7(6-19-12)4-10(16)17/h2-3,5-6H,4H2,1H3,(H,13,18)(H,16,17). The number of nitrogens with zero attached hydrogens (tertiary/aromatic N) is 2. The van der Waals surface area contributed by atoms with Crippen molar-refractivity contribution in [3.05, 3.63) is 35.1 Å². The molecule has 0 aliphatic rings. The highest BCUT2D eigenvalue weighted by Gasteiger charge is 2.10. The van der Waals surface area contributed by atoms with Crippen LogP contribution in [-0.4, -0.2) is 34.0 Å². The van der Waals surface area contributed by atoms with Gasteiger partial charge in [0.05, 0.1) is 12.1 Å². The first-order valence-electron chi connectivity index (χ1n) is 5.60. The first kappa shape index (κ1) is 14.5. The Hall–Kier alpha value is -1.93. The molecule has 0 bridgehead atoms. The molecule has 0 saturated heterocycles. The van der Waals surface area contributed by atoms with E-state index in [0.29, 0.717) is 11.4 Å². The lowest BCUT2D eigenvalue weighted by Gasteiger charge is -2.01. The average Bonchev–Trinajstić information content (AvgIpc) is 2.84. The van der Waals surface area contributed by atoms with E-state index >= 15 is 0 Å². The van der Waals surface area contributed by atoms with Crippen LogP contribution < -0.4 is 5.32 Å². The van der Waals surface area contributed by atoms with Gasteiger partial charge in [-0.1, -0.05) is 11.8 Å². The average molecular weight is 309 g/mol. The summed E-state index contributed by atoms with van der Waals surface area (Å²) in [6, 6.07) is 3.44. The minimum Gasteiger partial charge on any atom is -0.481 e. The summed E-state index contributed by atoms with van der Waals surface area (Å²) in [6.07, 6.45) is 1.47. The first-order valence-corrected chi connectivity index (χ1v) is 7.30. The number of carboxylic acid groups (broad SMARTS) is 1. The number of hydrogen-bond acceptors (Lipinski definition) is 6. The molecule has 1 amide bonds. The van der Waals surface area contributed by atoms with E-state index in [0.717, 1.165) is 9.24 Å². The van der Waals surface area contributed by atoms with Crippen molar-refractivity contribution in [2.24, 2.45) is 0 Å². The van der Waals surface area contributed by atoms with Crippen molar-refractivity contribution < 1.29 is 14.7 Å². The monoisotopic (exact) mass is 309 g/mol. The Morgan fingerprint density at radius 2 is 2.30 bits per heavy atom. The van der Waals surface area contributed by atoms with Gasteiger partial charge in [-0.25, -0.2) is 4.98 Å². The number of pyridine rings is 1. The quantitative estimate of drug-likeness (QED) is 0.873. The fourth-order valence-corrected chi connectivity index (χ4v) is 3.23. The molecule has 0 aromatic carbocycles. The van der Waals surface area contributed by atoms with Gasteiger partial charge in [-0.15, -0.1) is 11.3 Å². The van der Waals surface area contributed by atoms with E-state index in [-0.39, 0.29) is 12.3 Å². The zero-order valence-corrected chi connectivity index (χ0v) is 12.1. The Bertz CT molecular complexity index is 642. The Labute approximate surface area is 123 Å². The maximum absolute atomic E-state index is 11.5. The van der Waals surface area contributed by atoms with E-state index in [9.17, 15) is 9.59 Å². The number of carbonyl (C=O) groups is 2. The molecule has 2 rings (SSSR count). The second-order valence-corrected chi connectivity index (χ2v) is 5.91. The molecule has 2 aromatic heterocycles. The summed E-state index contributed by atoms with van der Waals surface area (Å²) in [4.78, 5) is 31.1. The predicted octanol–water partition coefficient (Wildman–Crippen LogP) is 1.68. The number of hydrogen-bond donors (Lipinski definition) is 2. The summed E-state index contributed by atoms with van der Waals surface area (Å²) in [5.41, 5.74) is 0.866. The molecule has 6 nitrogen and oxygen atoms in total. The smallest absolute Gasteiger partial charge is 0.309 e. The van der Waals surface area contributed by atoms with Gasteiger partial charge in [0, 0.05) is 23.5 Å². The van der Waals surface area contributed by atoms with E-state index in [1.54, 1.807) is 30.8 Å². The largest absolute Gasteiger partial charge is 0.481 e. The third kappa shape index (κ3) is 3.78. The summed E-state index contributed by atoms with van der Waals surface area (Å²) >= 11 is 2.75. The van der Waals surface area contributed by atoms with E-state index in [4.69, 9.17) is 5.11 Å². The van der Waals surface area contributed by atoms with Crippen LogP contribution in [-0.2, 0) is 11.2 Å². The molecular weight excluding hydrogens is 298 g/mol. The van der Waals surface area contributed by atoms with Gasteiger partial charge < -0.3 is 10.4 Å². The molecule has 8 heteroatoms. The molecular formula is C12H11N3O3S2. The van der Waals surface area contributed by atoms with Crippen LogP contribution in [0.3, 0.4) is 0 Å². The third-order valence-electron chi connectivity index (χ3n) is 2.26. The lowest BCUT2D eigenvalue weighted by Crippen LogP contribution is -2.18. The number of amides is 1. The van der Waals surface area contributed by atoms with Crippen LogP contribution in [0.25, 0.3) is 0 Å². The minimum absolute atomic E-state index is 0.0864. The van der Waals surface area contributed by atoms with Crippen molar-refractivity contribution in [3.8, 4) is 0 Å². The van der Waals surface area contributed by atoms with E-state index in [1.165, 1.54) is 23.1 Å². The molecule has 0 atom stereocenters. The SMILES string of the molecule is CNC(=O)c1cc(Sc2nc(CC(=O)O)cs2)ccn1. The van der Waals surface area contributed by atoms with Gasteiger partial charge in [0.2, 0.25) is 0 Å². The van der Waals surface area contributed by atoms with Crippen LogP contribution in [0, 0.1) is 0 Å². The molecule has 0 aliphatic heterocycles. The highest BCUT2D eigenvalue weighted by Crippen LogP contribution is 2.30. The predicted molar refractivity (Wildman–Crippen MR) is 75.2 cm³/mol. The van der Waals surface area contributed by atoms with Gasteiger partial charge in [0.1, 0.15) is 5.69 Å². The Balaban J connectivity index is 2.11. The van der Waals surface area contributed by atoms with Crippen molar-refractivity contribution >= 4 is 35.0 Å². The fraction of sp³-hybridized carbons (Fsp3) is 0.167. The molecule has 0 unspecified atom stereocenters. The van der Waals surface area contributed by atoms with Crippen LogP contribution in [0.5, 0.6) is 0 Å². The Morgan fingerprint density at radius 1 is 1.50 bits per heavy atom. The summed E-state index contributed by atoms with van der Waals surface area (Å²) in [7, 11) is 1.54. The molecule has 2 heterocycles. The van der Waals surface area contributed by atoms with Crippen LogP contribution in [0.2, 0.25) is 0 Å². The lowest BCUT2D eigenvalue weighted by atomic mass is 10.3. The van der Waals surface area contributed by atoms with Gasteiger partial charge in [-0.05, 0) is 12.1 Å². The molecule has 0 saturated carbocycles. The maximum atomic E-state index is 11.5. The molecule has 0 spiro atoms. The van der Waals surface area contributed by atoms with Gasteiger partial charge in [-0.3, -0.25) is 14.6 Å². The lowest BCUT2D eigenvalue weighted by molar-refractivity contribution is -0.136. The number of aliphatic carboxylic acids is 1. The highest BCUT2D eigenvalue weighted by molar-refractivity contribution is 8.01. The third-order valence-corrected chi connectivity index (χ3v) is 4.24. The number of aromatic nitrogens is 2. The number of nitrogens with one attached hydrogen (secondary N) is 1. The molecule has 2 aromatic rings. The Kier molecular flexibility index (Phi) is 4.70. The van der Waals surface area contributed by atoms with Crippen molar-refractivity contribution in [1.29, 1.82) is 0 Å². The zero-order chi connectivity index (χ0) is 14.5. The van der Waals surface area contributed by atoms with Crippen LogP contribution in [0.1, 0.15) is 16.2 Å². The first-order chi connectivity index (χ1) is 9.58. The van der Waals surface area contributed by atoms with Gasteiger partial charge in [0.15, 0.2) is 4.34 Å². The van der Waals surface area contributed by atoms with Crippen molar-refractivity contribution in [2.45, 2.75) is 15.7 Å². The van der Waals surface area contributed by atoms with E-state index in [1.807, 2.05) is 0 Å². The summed E-state index contributed by atoms with van der Waals surface area (Å²) in [6.45, 7) is 0. The second kappa shape index (κ2) is 6.49.